The van der Waals surface area contributed by atoms with Gasteiger partial charge in [-0.25, -0.2) is 9.59 Å². The van der Waals surface area contributed by atoms with Crippen LogP contribution in [0.3, 0.4) is 0 Å². The molecule has 0 saturated carbocycles. The Bertz CT molecular complexity index is 1090. The number of carbonyl (C=O) groups excluding carboxylic acids is 1. The summed E-state index contributed by atoms with van der Waals surface area (Å²) in [6, 6.07) is 10.4. The van der Waals surface area contributed by atoms with Crippen LogP contribution in [0.1, 0.15) is 39.9 Å². The first-order valence-electron chi connectivity index (χ1n) is 9.03. The molecule has 5 nitrogen and oxygen atoms in total. The summed E-state index contributed by atoms with van der Waals surface area (Å²) in [5.41, 5.74) is 3.11. The third-order valence-electron chi connectivity index (χ3n) is 5.10. The molecule has 138 valence electrons. The van der Waals surface area contributed by atoms with Gasteiger partial charge in [-0.05, 0) is 68.5 Å². The van der Waals surface area contributed by atoms with Crippen molar-refractivity contribution in [1.29, 1.82) is 0 Å². The van der Waals surface area contributed by atoms with Gasteiger partial charge in [0.15, 0.2) is 0 Å². The molecule has 2 aromatic carbocycles. The molecule has 0 atom stereocenters. The summed E-state index contributed by atoms with van der Waals surface area (Å²) in [6.45, 7) is 1.80. The summed E-state index contributed by atoms with van der Waals surface area (Å²) in [6.07, 6.45) is 3.72. The standard InChI is InChI=1S/C22H20O5/c1-13-19(26-21(23)14-6-5-7-15(12-14)25-2)11-10-17-16-8-3-4-9-18(16)22(24)27-20(13)17/h5-7,10-12H,3-4,8-9H2,1-2H3. The average Bonchev–Trinajstić information content (AvgIpc) is 2.71. The van der Waals surface area contributed by atoms with Crippen LogP contribution in [0.5, 0.6) is 11.5 Å². The van der Waals surface area contributed by atoms with E-state index in [1.54, 1.807) is 44.4 Å². The third kappa shape index (κ3) is 3.10. The van der Waals surface area contributed by atoms with E-state index < -0.39 is 5.97 Å². The molecular formula is C22H20O5. The number of aryl methyl sites for hydroxylation is 2. The van der Waals surface area contributed by atoms with Crippen LogP contribution in [0.4, 0.5) is 0 Å². The second kappa shape index (κ2) is 6.91. The normalized spacial score (nSPS) is 13.3. The van der Waals surface area contributed by atoms with Gasteiger partial charge in [0.25, 0.3) is 0 Å². The number of benzene rings is 2. The average molecular weight is 364 g/mol. The van der Waals surface area contributed by atoms with E-state index in [1.807, 2.05) is 6.07 Å². The molecule has 1 heterocycles. The maximum atomic E-state index is 12.5. The van der Waals surface area contributed by atoms with E-state index >= 15 is 0 Å². The molecule has 3 aromatic rings. The molecule has 1 aromatic heterocycles. The lowest BCUT2D eigenvalue weighted by atomic mass is 9.90. The zero-order valence-electron chi connectivity index (χ0n) is 15.3. The molecule has 1 aliphatic carbocycles. The van der Waals surface area contributed by atoms with Crippen molar-refractivity contribution in [1.82, 2.24) is 0 Å². The SMILES string of the molecule is COc1cccc(C(=O)Oc2ccc3c4c(c(=O)oc3c2C)CCCC4)c1. The van der Waals surface area contributed by atoms with E-state index in [1.165, 1.54) is 0 Å². The summed E-state index contributed by atoms with van der Waals surface area (Å²) >= 11 is 0. The monoisotopic (exact) mass is 364 g/mol. The van der Waals surface area contributed by atoms with Gasteiger partial charge < -0.3 is 13.9 Å². The first-order valence-corrected chi connectivity index (χ1v) is 9.03. The van der Waals surface area contributed by atoms with Crippen molar-refractivity contribution < 1.29 is 18.7 Å². The second-order valence-electron chi connectivity index (χ2n) is 6.74. The number of methoxy groups -OCH3 is 1. The molecule has 1 aliphatic rings. The van der Waals surface area contributed by atoms with Gasteiger partial charge in [-0.2, -0.15) is 0 Å². The molecule has 0 amide bonds. The highest BCUT2D eigenvalue weighted by Gasteiger charge is 2.21. The molecule has 0 N–H and O–H groups in total. The van der Waals surface area contributed by atoms with E-state index in [2.05, 4.69) is 0 Å². The Labute approximate surface area is 156 Å². The lowest BCUT2D eigenvalue weighted by molar-refractivity contribution is 0.0733. The molecule has 0 aliphatic heterocycles. The van der Waals surface area contributed by atoms with Crippen LogP contribution in [-0.4, -0.2) is 13.1 Å². The number of hydrogen-bond acceptors (Lipinski definition) is 5. The highest BCUT2D eigenvalue weighted by atomic mass is 16.5. The molecule has 5 heteroatoms. The Hall–Kier alpha value is -3.08. The van der Waals surface area contributed by atoms with Gasteiger partial charge in [-0.15, -0.1) is 0 Å². The number of hydrogen-bond donors (Lipinski definition) is 0. The van der Waals surface area contributed by atoms with Gasteiger partial charge in [0.05, 0.1) is 12.7 Å². The maximum absolute atomic E-state index is 12.5. The minimum Gasteiger partial charge on any atom is -0.497 e. The minimum atomic E-state index is -0.489. The molecule has 0 fully saturated rings. The molecule has 27 heavy (non-hydrogen) atoms. The van der Waals surface area contributed by atoms with E-state index in [4.69, 9.17) is 13.9 Å². The number of esters is 1. The Morgan fingerprint density at radius 2 is 1.85 bits per heavy atom. The summed E-state index contributed by atoms with van der Waals surface area (Å²) in [5, 5.41) is 0.933. The van der Waals surface area contributed by atoms with Gasteiger partial charge in [-0.1, -0.05) is 6.07 Å². The van der Waals surface area contributed by atoms with Crippen molar-refractivity contribution in [3.63, 3.8) is 0 Å². The van der Waals surface area contributed by atoms with E-state index in [0.29, 0.717) is 28.2 Å². The predicted molar refractivity (Wildman–Crippen MR) is 102 cm³/mol. The zero-order chi connectivity index (χ0) is 19.0. The lowest BCUT2D eigenvalue weighted by Crippen LogP contribution is -2.16. The predicted octanol–water partition coefficient (Wildman–Crippen LogP) is 4.21. The fraction of sp³-hybridized carbons (Fsp3) is 0.273. The summed E-state index contributed by atoms with van der Waals surface area (Å²) in [5.74, 6) is 0.475. The molecular weight excluding hydrogens is 344 g/mol. The fourth-order valence-corrected chi connectivity index (χ4v) is 3.64. The second-order valence-corrected chi connectivity index (χ2v) is 6.74. The van der Waals surface area contributed by atoms with Crippen LogP contribution in [0.15, 0.2) is 45.6 Å². The summed E-state index contributed by atoms with van der Waals surface area (Å²) in [4.78, 5) is 24.9. The van der Waals surface area contributed by atoms with Gasteiger partial charge in [0, 0.05) is 16.5 Å². The van der Waals surface area contributed by atoms with Gasteiger partial charge in [0.2, 0.25) is 0 Å². The fourth-order valence-electron chi connectivity index (χ4n) is 3.64. The Balaban J connectivity index is 1.74. The van der Waals surface area contributed by atoms with Gasteiger partial charge in [0.1, 0.15) is 17.1 Å². The van der Waals surface area contributed by atoms with Crippen molar-refractivity contribution >= 4 is 16.9 Å². The smallest absolute Gasteiger partial charge is 0.343 e. The minimum absolute atomic E-state index is 0.281. The highest BCUT2D eigenvalue weighted by molar-refractivity contribution is 5.93. The third-order valence-corrected chi connectivity index (χ3v) is 5.10. The van der Waals surface area contributed by atoms with Crippen molar-refractivity contribution in [3.05, 3.63) is 69.1 Å². The van der Waals surface area contributed by atoms with E-state index in [0.717, 1.165) is 42.2 Å². The summed E-state index contributed by atoms with van der Waals surface area (Å²) in [7, 11) is 1.54. The Morgan fingerprint density at radius 3 is 2.63 bits per heavy atom. The van der Waals surface area contributed by atoms with Crippen LogP contribution in [0.25, 0.3) is 11.0 Å². The van der Waals surface area contributed by atoms with Crippen molar-refractivity contribution in [2.75, 3.05) is 7.11 Å². The van der Waals surface area contributed by atoms with Gasteiger partial charge >= 0.3 is 11.6 Å². The quantitative estimate of drug-likeness (QED) is 0.396. The molecule has 0 spiro atoms. The van der Waals surface area contributed by atoms with Crippen molar-refractivity contribution in [2.45, 2.75) is 32.6 Å². The molecule has 0 radical (unpaired) electrons. The highest BCUT2D eigenvalue weighted by Crippen LogP contribution is 2.33. The maximum Gasteiger partial charge on any atom is 0.343 e. The summed E-state index contributed by atoms with van der Waals surface area (Å²) < 4.78 is 16.3. The molecule has 4 rings (SSSR count). The lowest BCUT2D eigenvalue weighted by Gasteiger charge is -2.17. The van der Waals surface area contributed by atoms with Crippen LogP contribution in [-0.2, 0) is 12.8 Å². The Kier molecular flexibility index (Phi) is 4.44. The van der Waals surface area contributed by atoms with Crippen LogP contribution in [0, 0.1) is 6.92 Å². The zero-order valence-corrected chi connectivity index (χ0v) is 15.3. The van der Waals surface area contributed by atoms with Crippen LogP contribution < -0.4 is 15.1 Å². The van der Waals surface area contributed by atoms with Crippen LogP contribution >= 0.6 is 0 Å². The number of fused-ring (bicyclic) bond motifs is 3. The molecule has 0 bridgehead atoms. The first kappa shape index (κ1) is 17.3. The van der Waals surface area contributed by atoms with E-state index in [-0.39, 0.29) is 5.63 Å². The number of ether oxygens (including phenoxy) is 2. The number of carbonyl (C=O) groups is 1. The van der Waals surface area contributed by atoms with Crippen molar-refractivity contribution in [2.24, 2.45) is 0 Å². The van der Waals surface area contributed by atoms with E-state index in [9.17, 15) is 9.59 Å². The van der Waals surface area contributed by atoms with Gasteiger partial charge in [-0.3, -0.25) is 0 Å². The molecule has 0 saturated heterocycles. The van der Waals surface area contributed by atoms with Crippen molar-refractivity contribution in [3.8, 4) is 11.5 Å². The van der Waals surface area contributed by atoms with Crippen LogP contribution in [0.2, 0.25) is 0 Å². The number of rotatable bonds is 3. The Morgan fingerprint density at radius 1 is 1.07 bits per heavy atom. The topological polar surface area (TPSA) is 65.7 Å². The molecule has 0 unspecified atom stereocenters. The largest absolute Gasteiger partial charge is 0.497 e. The first-order chi connectivity index (χ1) is 13.1.